The number of ether oxygens (including phenoxy) is 1. The van der Waals surface area contributed by atoms with E-state index in [9.17, 15) is 4.79 Å². The second-order valence-electron chi connectivity index (χ2n) is 4.27. The third-order valence-electron chi connectivity index (χ3n) is 2.84. The van der Waals surface area contributed by atoms with Crippen LogP contribution in [0.2, 0.25) is 0 Å². The molecule has 0 aliphatic carbocycles. The maximum atomic E-state index is 12.3. The highest BCUT2D eigenvalue weighted by molar-refractivity contribution is 6.02. The van der Waals surface area contributed by atoms with Crippen LogP contribution in [-0.4, -0.2) is 12.4 Å². The average Bonchev–Trinajstić information content (AvgIpc) is 2.42. The van der Waals surface area contributed by atoms with Gasteiger partial charge in [0, 0.05) is 17.7 Å². The van der Waals surface area contributed by atoms with Crippen LogP contribution in [0.1, 0.15) is 22.8 Å². The molecule has 0 heterocycles. The van der Waals surface area contributed by atoms with Gasteiger partial charge in [-0.15, -0.1) is 0 Å². The molecule has 0 aliphatic rings. The molecule has 0 amide bonds. The second-order valence-corrected chi connectivity index (χ2v) is 4.27. The second kappa shape index (κ2) is 6.05. The quantitative estimate of drug-likeness (QED) is 0.659. The summed E-state index contributed by atoms with van der Waals surface area (Å²) >= 11 is 0. The number of carbonyl (C=O) groups excluding carboxylic acids is 1. The van der Waals surface area contributed by atoms with Gasteiger partial charge in [0.05, 0.1) is 6.61 Å². The number of hydrogen-bond acceptors (Lipinski definition) is 3. The minimum Gasteiger partial charge on any atom is -0.494 e. The number of rotatable bonds is 5. The smallest absolute Gasteiger partial charge is 0.169 e. The lowest BCUT2D eigenvalue weighted by Gasteiger charge is -2.08. The minimum atomic E-state index is 0.00486. The monoisotopic (exact) mass is 255 g/mol. The van der Waals surface area contributed by atoms with Gasteiger partial charge >= 0.3 is 0 Å². The van der Waals surface area contributed by atoms with Gasteiger partial charge in [-0.05, 0) is 30.7 Å². The van der Waals surface area contributed by atoms with Crippen molar-refractivity contribution in [1.29, 1.82) is 0 Å². The number of ketones is 1. The molecule has 0 atom stereocenters. The van der Waals surface area contributed by atoms with Gasteiger partial charge in [-0.2, -0.15) is 0 Å². The van der Waals surface area contributed by atoms with Crippen molar-refractivity contribution < 1.29 is 9.53 Å². The van der Waals surface area contributed by atoms with Crippen molar-refractivity contribution in [1.82, 2.24) is 0 Å². The van der Waals surface area contributed by atoms with Gasteiger partial charge in [0.15, 0.2) is 5.78 Å². The van der Waals surface area contributed by atoms with Crippen LogP contribution in [0.5, 0.6) is 5.75 Å². The Morgan fingerprint density at radius 3 is 2.58 bits per heavy atom. The van der Waals surface area contributed by atoms with E-state index >= 15 is 0 Å². The van der Waals surface area contributed by atoms with Crippen molar-refractivity contribution in [2.45, 2.75) is 13.3 Å². The van der Waals surface area contributed by atoms with Crippen molar-refractivity contribution in [3.63, 3.8) is 0 Å². The molecule has 3 heteroatoms. The number of Topliss-reactive ketones (excluding diaryl/α,β-unsaturated/α-hetero) is 1. The predicted molar refractivity (Wildman–Crippen MR) is 76.5 cm³/mol. The van der Waals surface area contributed by atoms with Crippen LogP contribution >= 0.6 is 0 Å². The summed E-state index contributed by atoms with van der Waals surface area (Å²) in [7, 11) is 0. The fourth-order valence-electron chi connectivity index (χ4n) is 1.91. The highest BCUT2D eigenvalue weighted by Gasteiger charge is 2.11. The Morgan fingerprint density at radius 2 is 1.89 bits per heavy atom. The van der Waals surface area contributed by atoms with Gasteiger partial charge in [0.2, 0.25) is 0 Å². The molecule has 0 bridgehead atoms. The molecular formula is C16H17NO2. The number of benzene rings is 2. The van der Waals surface area contributed by atoms with Gasteiger partial charge in [0.25, 0.3) is 0 Å². The van der Waals surface area contributed by atoms with Crippen molar-refractivity contribution in [3.05, 3.63) is 59.7 Å². The number of hydrogen-bond donors (Lipinski definition) is 1. The van der Waals surface area contributed by atoms with Crippen LogP contribution in [0.4, 0.5) is 5.69 Å². The van der Waals surface area contributed by atoms with E-state index in [1.807, 2.05) is 37.3 Å². The zero-order chi connectivity index (χ0) is 13.7. The third kappa shape index (κ3) is 3.35. The molecule has 2 aromatic rings. The predicted octanol–water partition coefficient (Wildman–Crippen LogP) is 3.09. The first kappa shape index (κ1) is 13.1. The SMILES string of the molecule is CCOc1ccc(N)c(C(=O)Cc2ccccc2)c1. The van der Waals surface area contributed by atoms with Crippen LogP contribution in [-0.2, 0) is 6.42 Å². The standard InChI is InChI=1S/C16H17NO2/c1-2-19-13-8-9-15(17)14(11-13)16(18)10-12-6-4-3-5-7-12/h3-9,11H,2,10,17H2,1H3. The van der Waals surface area contributed by atoms with E-state index < -0.39 is 0 Å². The molecule has 2 aromatic carbocycles. The first-order valence-corrected chi connectivity index (χ1v) is 6.30. The highest BCUT2D eigenvalue weighted by atomic mass is 16.5. The van der Waals surface area contributed by atoms with Gasteiger partial charge < -0.3 is 10.5 Å². The van der Waals surface area contributed by atoms with E-state index in [1.165, 1.54) is 0 Å². The van der Waals surface area contributed by atoms with Gasteiger partial charge in [-0.25, -0.2) is 0 Å². The third-order valence-corrected chi connectivity index (χ3v) is 2.84. The summed E-state index contributed by atoms with van der Waals surface area (Å²) in [5, 5.41) is 0. The van der Waals surface area contributed by atoms with Crippen molar-refractivity contribution in [2.24, 2.45) is 0 Å². The zero-order valence-electron chi connectivity index (χ0n) is 10.9. The largest absolute Gasteiger partial charge is 0.494 e. The van der Waals surface area contributed by atoms with Crippen molar-refractivity contribution in [3.8, 4) is 5.75 Å². The topological polar surface area (TPSA) is 52.3 Å². The van der Waals surface area contributed by atoms with Crippen molar-refractivity contribution >= 4 is 11.5 Å². The van der Waals surface area contributed by atoms with Crippen molar-refractivity contribution in [2.75, 3.05) is 12.3 Å². The molecule has 0 unspecified atom stereocenters. The lowest BCUT2D eigenvalue weighted by Crippen LogP contribution is -2.07. The Balaban J connectivity index is 2.21. The van der Waals surface area contributed by atoms with E-state index in [-0.39, 0.29) is 5.78 Å². The number of carbonyl (C=O) groups is 1. The summed E-state index contributed by atoms with van der Waals surface area (Å²) in [6.07, 6.45) is 0.348. The average molecular weight is 255 g/mol. The van der Waals surface area contributed by atoms with E-state index in [2.05, 4.69) is 0 Å². The minimum absolute atomic E-state index is 0.00486. The molecule has 3 nitrogen and oxygen atoms in total. The number of nitrogen functional groups attached to an aromatic ring is 1. The molecule has 0 spiro atoms. The molecule has 2 N–H and O–H groups in total. The molecule has 2 rings (SSSR count). The van der Waals surface area contributed by atoms with E-state index in [1.54, 1.807) is 18.2 Å². The maximum absolute atomic E-state index is 12.3. The number of nitrogens with two attached hydrogens (primary N) is 1. The first-order valence-electron chi connectivity index (χ1n) is 6.30. The van der Waals surface area contributed by atoms with Crippen LogP contribution in [0.25, 0.3) is 0 Å². The van der Waals surface area contributed by atoms with Gasteiger partial charge in [-0.1, -0.05) is 30.3 Å². The Morgan fingerprint density at radius 1 is 1.16 bits per heavy atom. The summed E-state index contributed by atoms with van der Waals surface area (Å²) in [6.45, 7) is 2.47. The molecule has 98 valence electrons. The summed E-state index contributed by atoms with van der Waals surface area (Å²) < 4.78 is 5.39. The van der Waals surface area contributed by atoms with E-state index in [0.717, 1.165) is 5.56 Å². The molecular weight excluding hydrogens is 238 g/mol. The Kier molecular flexibility index (Phi) is 4.18. The van der Waals surface area contributed by atoms with Crippen LogP contribution in [0.15, 0.2) is 48.5 Å². The Hall–Kier alpha value is -2.29. The highest BCUT2D eigenvalue weighted by Crippen LogP contribution is 2.21. The molecule has 0 aromatic heterocycles. The summed E-state index contributed by atoms with van der Waals surface area (Å²) in [4.78, 5) is 12.3. The summed E-state index contributed by atoms with van der Waals surface area (Å²) in [5.41, 5.74) is 7.86. The Bertz CT molecular complexity index is 564. The fraction of sp³-hybridized carbons (Fsp3) is 0.188. The fourth-order valence-corrected chi connectivity index (χ4v) is 1.91. The summed E-state index contributed by atoms with van der Waals surface area (Å²) in [6, 6.07) is 14.8. The van der Waals surface area contributed by atoms with Gasteiger partial charge in [0.1, 0.15) is 5.75 Å². The van der Waals surface area contributed by atoms with Crippen LogP contribution in [0, 0.1) is 0 Å². The molecule has 0 saturated heterocycles. The van der Waals surface area contributed by atoms with Crippen LogP contribution < -0.4 is 10.5 Å². The summed E-state index contributed by atoms with van der Waals surface area (Å²) in [5.74, 6) is 0.679. The van der Waals surface area contributed by atoms with Gasteiger partial charge in [-0.3, -0.25) is 4.79 Å². The Labute approximate surface area is 113 Å². The molecule has 0 saturated carbocycles. The van der Waals surface area contributed by atoms with E-state index in [0.29, 0.717) is 30.0 Å². The molecule has 0 fully saturated rings. The van der Waals surface area contributed by atoms with Crippen LogP contribution in [0.3, 0.4) is 0 Å². The lowest BCUT2D eigenvalue weighted by atomic mass is 10.0. The van der Waals surface area contributed by atoms with E-state index in [4.69, 9.17) is 10.5 Å². The number of anilines is 1. The molecule has 0 radical (unpaired) electrons. The molecule has 0 aliphatic heterocycles. The normalized spacial score (nSPS) is 10.2. The first-order chi connectivity index (χ1) is 9.20. The zero-order valence-corrected chi connectivity index (χ0v) is 10.9. The maximum Gasteiger partial charge on any atom is 0.169 e. The lowest BCUT2D eigenvalue weighted by molar-refractivity contribution is 0.0993. The molecule has 19 heavy (non-hydrogen) atoms.